The molecule has 0 aromatic heterocycles. The number of hydrogen-bond donors (Lipinski definition) is 2. The highest BCUT2D eigenvalue weighted by Crippen LogP contribution is 2.13. The van der Waals surface area contributed by atoms with Crippen LogP contribution in [0.5, 0.6) is 0 Å². The SMILES string of the molecule is O=C(N[C@H](Cc1ccccc1F)C(=O)O)c1cccc(F)c1F. The van der Waals surface area contributed by atoms with E-state index in [0.717, 1.165) is 24.3 Å². The topological polar surface area (TPSA) is 66.4 Å². The van der Waals surface area contributed by atoms with Crippen LogP contribution in [0.3, 0.4) is 0 Å². The molecule has 120 valence electrons. The van der Waals surface area contributed by atoms with Gasteiger partial charge < -0.3 is 10.4 Å². The Kier molecular flexibility index (Phi) is 5.00. The Morgan fingerprint density at radius 3 is 2.30 bits per heavy atom. The molecule has 7 heteroatoms. The lowest BCUT2D eigenvalue weighted by Crippen LogP contribution is -2.42. The highest BCUT2D eigenvalue weighted by molar-refractivity contribution is 5.96. The normalized spacial score (nSPS) is 11.8. The van der Waals surface area contributed by atoms with Gasteiger partial charge in [0.2, 0.25) is 0 Å². The summed E-state index contributed by atoms with van der Waals surface area (Å²) in [7, 11) is 0. The molecule has 0 saturated carbocycles. The Labute approximate surface area is 129 Å². The second-order valence-corrected chi connectivity index (χ2v) is 4.76. The Balaban J connectivity index is 2.20. The number of hydrogen-bond acceptors (Lipinski definition) is 2. The standard InChI is InChI=1S/C16H12F3NO3/c17-11-6-2-1-4-9(11)8-13(16(22)23)20-15(21)10-5-3-7-12(18)14(10)19/h1-7,13H,8H2,(H,20,21)(H,22,23)/t13-/m1/s1. The molecular weight excluding hydrogens is 311 g/mol. The molecule has 0 aliphatic heterocycles. The van der Waals surface area contributed by atoms with Crippen molar-refractivity contribution in [1.82, 2.24) is 5.32 Å². The average Bonchev–Trinajstić information content (AvgIpc) is 2.51. The van der Waals surface area contributed by atoms with Crippen LogP contribution in [0.4, 0.5) is 13.2 Å². The summed E-state index contributed by atoms with van der Waals surface area (Å²) in [5.41, 5.74) is -0.537. The van der Waals surface area contributed by atoms with Crippen LogP contribution in [0.25, 0.3) is 0 Å². The van der Waals surface area contributed by atoms with E-state index in [0.29, 0.717) is 0 Å². The first-order valence-corrected chi connectivity index (χ1v) is 6.61. The molecule has 1 amide bonds. The van der Waals surface area contributed by atoms with E-state index in [1.165, 1.54) is 18.2 Å². The fraction of sp³-hybridized carbons (Fsp3) is 0.125. The maximum atomic E-state index is 13.6. The van der Waals surface area contributed by atoms with Crippen LogP contribution < -0.4 is 5.32 Å². The van der Waals surface area contributed by atoms with Gasteiger partial charge in [0.05, 0.1) is 5.56 Å². The van der Waals surface area contributed by atoms with Gasteiger partial charge in [0.15, 0.2) is 11.6 Å². The van der Waals surface area contributed by atoms with E-state index in [9.17, 15) is 22.8 Å². The first kappa shape index (κ1) is 16.5. The van der Waals surface area contributed by atoms with Crippen LogP contribution in [0.1, 0.15) is 15.9 Å². The predicted molar refractivity (Wildman–Crippen MR) is 75.4 cm³/mol. The number of amides is 1. The lowest BCUT2D eigenvalue weighted by atomic mass is 10.0. The van der Waals surface area contributed by atoms with Crippen molar-refractivity contribution < 1.29 is 27.9 Å². The van der Waals surface area contributed by atoms with Gasteiger partial charge in [-0.2, -0.15) is 0 Å². The summed E-state index contributed by atoms with van der Waals surface area (Å²) in [5, 5.41) is 11.2. The Morgan fingerprint density at radius 1 is 1.00 bits per heavy atom. The molecule has 0 aliphatic carbocycles. The lowest BCUT2D eigenvalue weighted by Gasteiger charge is -2.15. The monoisotopic (exact) mass is 323 g/mol. The zero-order valence-electron chi connectivity index (χ0n) is 11.7. The van der Waals surface area contributed by atoms with Crippen molar-refractivity contribution >= 4 is 11.9 Å². The number of benzene rings is 2. The van der Waals surface area contributed by atoms with Gasteiger partial charge in [-0.3, -0.25) is 4.79 Å². The molecule has 2 rings (SSSR count). The first-order valence-electron chi connectivity index (χ1n) is 6.61. The van der Waals surface area contributed by atoms with Gasteiger partial charge in [-0.05, 0) is 23.8 Å². The van der Waals surface area contributed by atoms with Gasteiger partial charge >= 0.3 is 5.97 Å². The molecule has 1 atom stereocenters. The molecule has 0 fully saturated rings. The summed E-state index contributed by atoms with van der Waals surface area (Å²) < 4.78 is 40.2. The van der Waals surface area contributed by atoms with Gasteiger partial charge in [0, 0.05) is 6.42 Å². The third kappa shape index (κ3) is 3.88. The fourth-order valence-corrected chi connectivity index (χ4v) is 2.00. The number of carbonyl (C=O) groups excluding carboxylic acids is 1. The quantitative estimate of drug-likeness (QED) is 0.888. The molecule has 0 saturated heterocycles. The fourth-order valence-electron chi connectivity index (χ4n) is 2.00. The second-order valence-electron chi connectivity index (χ2n) is 4.76. The zero-order valence-corrected chi connectivity index (χ0v) is 11.7. The minimum atomic E-state index is -1.48. The third-order valence-electron chi connectivity index (χ3n) is 3.18. The van der Waals surface area contributed by atoms with E-state index in [-0.39, 0.29) is 12.0 Å². The number of rotatable bonds is 5. The first-order chi connectivity index (χ1) is 10.9. The summed E-state index contributed by atoms with van der Waals surface area (Å²) in [5.74, 6) is -5.73. The van der Waals surface area contributed by atoms with E-state index >= 15 is 0 Å². The van der Waals surface area contributed by atoms with Crippen molar-refractivity contribution in [3.63, 3.8) is 0 Å². The molecule has 0 aliphatic rings. The molecule has 4 nitrogen and oxygen atoms in total. The van der Waals surface area contributed by atoms with Crippen LogP contribution in [0.2, 0.25) is 0 Å². The van der Waals surface area contributed by atoms with Crippen LogP contribution in [0.15, 0.2) is 42.5 Å². The lowest BCUT2D eigenvalue weighted by molar-refractivity contribution is -0.139. The number of carboxylic acid groups (broad SMARTS) is 1. The second kappa shape index (κ2) is 6.95. The zero-order chi connectivity index (χ0) is 17.0. The molecule has 0 spiro atoms. The molecule has 23 heavy (non-hydrogen) atoms. The van der Waals surface area contributed by atoms with E-state index < -0.39 is 40.9 Å². The van der Waals surface area contributed by atoms with E-state index in [1.807, 2.05) is 0 Å². The summed E-state index contributed by atoms with van der Waals surface area (Å²) in [4.78, 5) is 23.2. The van der Waals surface area contributed by atoms with E-state index in [1.54, 1.807) is 0 Å². The molecule has 2 N–H and O–H groups in total. The van der Waals surface area contributed by atoms with Crippen molar-refractivity contribution in [2.24, 2.45) is 0 Å². The smallest absolute Gasteiger partial charge is 0.326 e. The summed E-state index contributed by atoms with van der Waals surface area (Å²) in [6.45, 7) is 0. The highest BCUT2D eigenvalue weighted by atomic mass is 19.2. The molecule has 2 aromatic rings. The number of nitrogens with one attached hydrogen (secondary N) is 1. The van der Waals surface area contributed by atoms with Crippen molar-refractivity contribution in [2.45, 2.75) is 12.5 Å². The molecule has 0 heterocycles. The summed E-state index contributed by atoms with van der Waals surface area (Å²) >= 11 is 0. The molecule has 0 unspecified atom stereocenters. The molecular formula is C16H12F3NO3. The van der Waals surface area contributed by atoms with E-state index in [2.05, 4.69) is 5.32 Å². The Hall–Kier alpha value is -2.83. The summed E-state index contributed by atoms with van der Waals surface area (Å²) in [6.07, 6.45) is -0.329. The van der Waals surface area contributed by atoms with Crippen molar-refractivity contribution in [3.05, 3.63) is 71.0 Å². The van der Waals surface area contributed by atoms with Gasteiger partial charge in [-0.15, -0.1) is 0 Å². The minimum absolute atomic E-state index is 0.0833. The number of carboxylic acids is 1. The van der Waals surface area contributed by atoms with Crippen molar-refractivity contribution in [3.8, 4) is 0 Å². The maximum absolute atomic E-state index is 13.6. The third-order valence-corrected chi connectivity index (χ3v) is 3.18. The van der Waals surface area contributed by atoms with Crippen LogP contribution in [-0.2, 0) is 11.2 Å². The van der Waals surface area contributed by atoms with E-state index in [4.69, 9.17) is 5.11 Å². The Morgan fingerprint density at radius 2 is 1.65 bits per heavy atom. The number of halogens is 3. The highest BCUT2D eigenvalue weighted by Gasteiger charge is 2.24. The van der Waals surface area contributed by atoms with Crippen molar-refractivity contribution in [2.75, 3.05) is 0 Å². The van der Waals surface area contributed by atoms with Crippen LogP contribution in [-0.4, -0.2) is 23.0 Å². The number of carbonyl (C=O) groups is 2. The van der Waals surface area contributed by atoms with Gasteiger partial charge in [-0.25, -0.2) is 18.0 Å². The molecule has 0 bridgehead atoms. The predicted octanol–water partition coefficient (Wildman–Crippen LogP) is 2.53. The van der Waals surface area contributed by atoms with Crippen molar-refractivity contribution in [1.29, 1.82) is 0 Å². The summed E-state index contributed by atoms with van der Waals surface area (Å²) in [6, 6.07) is 6.99. The van der Waals surface area contributed by atoms with Crippen LogP contribution in [0, 0.1) is 17.5 Å². The van der Waals surface area contributed by atoms with Gasteiger partial charge in [-0.1, -0.05) is 24.3 Å². The molecule has 2 aromatic carbocycles. The minimum Gasteiger partial charge on any atom is -0.480 e. The largest absolute Gasteiger partial charge is 0.480 e. The van der Waals surface area contributed by atoms with Gasteiger partial charge in [0.1, 0.15) is 11.9 Å². The average molecular weight is 323 g/mol. The number of aliphatic carboxylic acids is 1. The van der Waals surface area contributed by atoms with Gasteiger partial charge in [0.25, 0.3) is 5.91 Å². The molecule has 0 radical (unpaired) electrons. The maximum Gasteiger partial charge on any atom is 0.326 e. The Bertz CT molecular complexity index is 749. The van der Waals surface area contributed by atoms with Crippen LogP contribution >= 0.6 is 0 Å².